The van der Waals surface area contributed by atoms with Crippen LogP contribution in [0, 0.1) is 0 Å². The number of carbonyl (C=O) groups excluding carboxylic acids is 4. The highest BCUT2D eigenvalue weighted by Crippen LogP contribution is 2.18. The Morgan fingerprint density at radius 1 is 0.943 bits per heavy atom. The standard InChI is InChI=1S/C21H26N6O8/c22-12(5-10-8-24-13-4-2-1-3-11(10)13)19(32)25-9-17(29)26-14(6-16(23)28)20(33)27-15(21(34)35)7-18(30)31/h1-4,8,12,14-15,24H,5-7,9,22H2,(H2,23,28)(H,25,32)(H,26,29)(H,27,33)(H,30,31)(H,34,35). The van der Waals surface area contributed by atoms with Gasteiger partial charge in [0.05, 0.1) is 25.4 Å². The molecular weight excluding hydrogens is 464 g/mol. The molecule has 4 amide bonds. The van der Waals surface area contributed by atoms with Crippen molar-refractivity contribution in [1.29, 1.82) is 0 Å². The number of carboxylic acids is 2. The maximum absolute atomic E-state index is 12.3. The molecule has 0 saturated carbocycles. The number of amides is 4. The van der Waals surface area contributed by atoms with E-state index >= 15 is 0 Å². The number of nitrogens with one attached hydrogen (secondary N) is 4. The Morgan fingerprint density at radius 2 is 1.63 bits per heavy atom. The summed E-state index contributed by atoms with van der Waals surface area (Å²) in [5.41, 5.74) is 12.7. The number of aromatic amines is 1. The molecule has 2 rings (SSSR count). The molecule has 0 bridgehead atoms. The molecule has 0 aliphatic rings. The van der Waals surface area contributed by atoms with Crippen molar-refractivity contribution in [2.24, 2.45) is 11.5 Å². The third kappa shape index (κ3) is 8.12. The van der Waals surface area contributed by atoms with Crippen LogP contribution in [0.15, 0.2) is 30.5 Å². The zero-order valence-corrected chi connectivity index (χ0v) is 18.4. The Hall–Kier alpha value is -4.46. The quantitative estimate of drug-likeness (QED) is 0.148. The van der Waals surface area contributed by atoms with E-state index in [2.05, 4.69) is 15.6 Å². The van der Waals surface area contributed by atoms with Gasteiger partial charge in [-0.25, -0.2) is 4.79 Å². The molecule has 3 atom stereocenters. The van der Waals surface area contributed by atoms with Gasteiger partial charge in [0, 0.05) is 17.1 Å². The molecule has 1 heterocycles. The summed E-state index contributed by atoms with van der Waals surface area (Å²) < 4.78 is 0. The van der Waals surface area contributed by atoms with Gasteiger partial charge in [0.2, 0.25) is 23.6 Å². The first kappa shape index (κ1) is 26.8. The van der Waals surface area contributed by atoms with Crippen LogP contribution in [0.25, 0.3) is 10.9 Å². The van der Waals surface area contributed by atoms with Crippen molar-refractivity contribution in [3.63, 3.8) is 0 Å². The average Bonchev–Trinajstić information content (AvgIpc) is 3.18. The van der Waals surface area contributed by atoms with Gasteiger partial charge < -0.3 is 42.6 Å². The molecule has 10 N–H and O–H groups in total. The minimum absolute atomic E-state index is 0.185. The van der Waals surface area contributed by atoms with Crippen molar-refractivity contribution in [3.8, 4) is 0 Å². The third-order valence-electron chi connectivity index (χ3n) is 4.93. The van der Waals surface area contributed by atoms with E-state index in [-0.39, 0.29) is 6.42 Å². The molecule has 0 aliphatic carbocycles. The van der Waals surface area contributed by atoms with Gasteiger partial charge in [0.1, 0.15) is 12.1 Å². The lowest BCUT2D eigenvalue weighted by Crippen LogP contribution is -2.55. The Labute approximate surface area is 198 Å². The highest BCUT2D eigenvalue weighted by Gasteiger charge is 2.29. The number of nitrogens with two attached hydrogens (primary N) is 2. The molecule has 0 radical (unpaired) electrons. The minimum Gasteiger partial charge on any atom is -0.481 e. The van der Waals surface area contributed by atoms with Gasteiger partial charge in [-0.15, -0.1) is 0 Å². The number of carbonyl (C=O) groups is 6. The SMILES string of the molecule is NC(=O)CC(NC(=O)CNC(=O)C(N)Cc1c[nH]c2ccccc12)C(=O)NC(CC(=O)O)C(=O)O. The van der Waals surface area contributed by atoms with Crippen LogP contribution < -0.4 is 27.4 Å². The number of rotatable bonds is 13. The van der Waals surface area contributed by atoms with Gasteiger partial charge in [0.15, 0.2) is 0 Å². The molecule has 0 aliphatic heterocycles. The predicted octanol–water partition coefficient (Wildman–Crippen LogP) is -2.44. The molecule has 0 saturated heterocycles. The summed E-state index contributed by atoms with van der Waals surface area (Å²) in [6.45, 7) is -0.597. The fourth-order valence-corrected chi connectivity index (χ4v) is 3.23. The molecular formula is C21H26N6O8. The molecule has 1 aromatic carbocycles. The van der Waals surface area contributed by atoms with Gasteiger partial charge in [0.25, 0.3) is 0 Å². The number of hydrogen-bond donors (Lipinski definition) is 8. The maximum atomic E-state index is 12.3. The number of para-hydroxylation sites is 1. The number of benzene rings is 1. The van der Waals surface area contributed by atoms with Crippen LogP contribution in [-0.4, -0.2) is 75.4 Å². The molecule has 35 heavy (non-hydrogen) atoms. The first-order valence-corrected chi connectivity index (χ1v) is 10.4. The second-order valence-electron chi connectivity index (χ2n) is 7.68. The molecule has 0 fully saturated rings. The van der Waals surface area contributed by atoms with Crippen molar-refractivity contribution in [2.45, 2.75) is 37.4 Å². The summed E-state index contributed by atoms with van der Waals surface area (Å²) in [5.74, 6) is -6.76. The van der Waals surface area contributed by atoms with Crippen LogP contribution in [-0.2, 0) is 35.2 Å². The first-order chi connectivity index (χ1) is 16.5. The van der Waals surface area contributed by atoms with Gasteiger partial charge in [-0.2, -0.15) is 0 Å². The minimum atomic E-state index is -1.80. The van der Waals surface area contributed by atoms with Gasteiger partial charge >= 0.3 is 11.9 Å². The zero-order valence-electron chi connectivity index (χ0n) is 18.4. The zero-order chi connectivity index (χ0) is 26.1. The van der Waals surface area contributed by atoms with Crippen molar-refractivity contribution in [2.75, 3.05) is 6.54 Å². The van der Waals surface area contributed by atoms with Crippen LogP contribution in [0.2, 0.25) is 0 Å². The summed E-state index contributed by atoms with van der Waals surface area (Å²) in [7, 11) is 0. The van der Waals surface area contributed by atoms with Gasteiger partial charge in [-0.1, -0.05) is 18.2 Å². The van der Waals surface area contributed by atoms with E-state index in [1.807, 2.05) is 29.6 Å². The fourth-order valence-electron chi connectivity index (χ4n) is 3.23. The lowest BCUT2D eigenvalue weighted by Gasteiger charge is -2.20. The Kier molecular flexibility index (Phi) is 9.28. The normalized spacial score (nSPS) is 13.3. The number of aliphatic carboxylic acids is 2. The molecule has 2 aromatic rings. The van der Waals surface area contributed by atoms with Gasteiger partial charge in [-0.3, -0.25) is 24.0 Å². The number of primary amides is 1. The van der Waals surface area contributed by atoms with Crippen molar-refractivity contribution in [3.05, 3.63) is 36.0 Å². The average molecular weight is 490 g/mol. The number of aromatic nitrogens is 1. The second kappa shape index (κ2) is 12.1. The molecule has 3 unspecified atom stereocenters. The summed E-state index contributed by atoms with van der Waals surface area (Å²) >= 11 is 0. The van der Waals surface area contributed by atoms with Crippen molar-refractivity contribution < 1.29 is 39.0 Å². The number of H-pyrrole nitrogens is 1. The number of fused-ring (bicyclic) bond motifs is 1. The maximum Gasteiger partial charge on any atom is 0.326 e. The lowest BCUT2D eigenvalue weighted by atomic mass is 10.1. The highest BCUT2D eigenvalue weighted by molar-refractivity contribution is 5.95. The Morgan fingerprint density at radius 3 is 2.26 bits per heavy atom. The van der Waals surface area contributed by atoms with Crippen LogP contribution in [0.3, 0.4) is 0 Å². The number of carboxylic acid groups (broad SMARTS) is 2. The fraction of sp³-hybridized carbons (Fsp3) is 0.333. The summed E-state index contributed by atoms with van der Waals surface area (Å²) in [4.78, 5) is 73.2. The van der Waals surface area contributed by atoms with Crippen molar-refractivity contribution in [1.82, 2.24) is 20.9 Å². The van der Waals surface area contributed by atoms with E-state index in [9.17, 15) is 28.8 Å². The molecule has 14 heteroatoms. The molecule has 0 spiro atoms. The monoisotopic (exact) mass is 490 g/mol. The first-order valence-electron chi connectivity index (χ1n) is 10.4. The third-order valence-corrected chi connectivity index (χ3v) is 4.93. The van der Waals surface area contributed by atoms with E-state index in [4.69, 9.17) is 21.7 Å². The largest absolute Gasteiger partial charge is 0.481 e. The van der Waals surface area contributed by atoms with E-state index < -0.39 is 73.1 Å². The summed E-state index contributed by atoms with van der Waals surface area (Å²) in [6.07, 6.45) is 0.296. The van der Waals surface area contributed by atoms with Crippen LogP contribution in [0.5, 0.6) is 0 Å². The Bertz CT molecular complexity index is 1130. The summed E-state index contributed by atoms with van der Waals surface area (Å²) in [6, 6.07) is 3.06. The van der Waals surface area contributed by atoms with Crippen LogP contribution in [0.4, 0.5) is 0 Å². The molecule has 14 nitrogen and oxygen atoms in total. The van der Waals surface area contributed by atoms with E-state index in [1.54, 1.807) is 6.20 Å². The Balaban J connectivity index is 1.93. The van der Waals surface area contributed by atoms with Gasteiger partial charge in [-0.05, 0) is 18.1 Å². The van der Waals surface area contributed by atoms with E-state index in [0.717, 1.165) is 16.5 Å². The molecule has 1 aromatic heterocycles. The van der Waals surface area contributed by atoms with Crippen LogP contribution >= 0.6 is 0 Å². The lowest BCUT2D eigenvalue weighted by molar-refractivity contribution is -0.147. The van der Waals surface area contributed by atoms with E-state index in [1.165, 1.54) is 0 Å². The van der Waals surface area contributed by atoms with E-state index in [0.29, 0.717) is 0 Å². The van der Waals surface area contributed by atoms with Crippen LogP contribution in [0.1, 0.15) is 18.4 Å². The smallest absolute Gasteiger partial charge is 0.326 e. The summed E-state index contributed by atoms with van der Waals surface area (Å²) in [5, 5.41) is 25.1. The van der Waals surface area contributed by atoms with Crippen molar-refractivity contribution >= 4 is 46.5 Å². The predicted molar refractivity (Wildman–Crippen MR) is 121 cm³/mol. The second-order valence-corrected chi connectivity index (χ2v) is 7.68. The highest BCUT2D eigenvalue weighted by atomic mass is 16.4. The molecule has 188 valence electrons. The topological polar surface area (TPSA) is 247 Å². The number of hydrogen-bond acceptors (Lipinski definition) is 7.